The molecule has 2 N–H and O–H groups in total. The zero-order chi connectivity index (χ0) is 14.6. The van der Waals surface area contributed by atoms with Gasteiger partial charge in [-0.2, -0.15) is 0 Å². The van der Waals surface area contributed by atoms with Gasteiger partial charge in [-0.3, -0.25) is 4.90 Å². The molecule has 104 valence electrons. The Balaban J connectivity index is 2.99. The lowest BCUT2D eigenvalue weighted by atomic mass is 10.2. The van der Waals surface area contributed by atoms with Crippen molar-refractivity contribution in [2.45, 2.75) is 19.9 Å². The summed E-state index contributed by atoms with van der Waals surface area (Å²) in [6.07, 6.45) is -1.02. The Hall–Kier alpha value is -2.24. The zero-order valence-corrected chi connectivity index (χ0v) is 11.5. The van der Waals surface area contributed by atoms with Crippen LogP contribution in [0, 0.1) is 0 Å². The lowest BCUT2D eigenvalue weighted by molar-refractivity contribution is 0.200. The molecule has 0 saturated heterocycles. The van der Waals surface area contributed by atoms with E-state index in [0.717, 1.165) is 0 Å². The van der Waals surface area contributed by atoms with E-state index in [1.54, 1.807) is 52.2 Å². The van der Waals surface area contributed by atoms with E-state index in [0.29, 0.717) is 11.4 Å². The third-order valence-electron chi connectivity index (χ3n) is 2.50. The minimum atomic E-state index is -1.02. The van der Waals surface area contributed by atoms with Crippen molar-refractivity contribution in [3.63, 3.8) is 0 Å². The average Bonchev–Trinajstić information content (AvgIpc) is 2.28. The molecule has 0 heterocycles. The molecule has 19 heavy (non-hydrogen) atoms. The van der Waals surface area contributed by atoms with Gasteiger partial charge in [-0.05, 0) is 32.0 Å². The monoisotopic (exact) mass is 265 g/mol. The summed E-state index contributed by atoms with van der Waals surface area (Å²) in [5.41, 5.74) is 1.09. The second kappa shape index (κ2) is 6.08. The smallest absolute Gasteiger partial charge is 0.412 e. The molecule has 6 heteroatoms. The molecule has 0 atom stereocenters. The van der Waals surface area contributed by atoms with Gasteiger partial charge in [0.25, 0.3) is 0 Å². The largest absolute Gasteiger partial charge is 0.465 e. The van der Waals surface area contributed by atoms with Crippen LogP contribution in [0.2, 0.25) is 0 Å². The topological polar surface area (TPSA) is 72.9 Å². The number of hydrogen-bond donors (Lipinski definition) is 2. The lowest BCUT2D eigenvalue weighted by Crippen LogP contribution is -2.35. The summed E-state index contributed by atoms with van der Waals surface area (Å²) in [6.45, 7) is 3.58. The minimum Gasteiger partial charge on any atom is -0.465 e. The number of nitrogens with one attached hydrogen (secondary N) is 1. The zero-order valence-electron chi connectivity index (χ0n) is 11.5. The first kappa shape index (κ1) is 14.8. The molecule has 0 saturated carbocycles. The van der Waals surface area contributed by atoms with Crippen LogP contribution in [0.3, 0.4) is 0 Å². The highest BCUT2D eigenvalue weighted by Crippen LogP contribution is 2.21. The number of amides is 3. The van der Waals surface area contributed by atoms with Crippen molar-refractivity contribution < 1.29 is 14.7 Å². The summed E-state index contributed by atoms with van der Waals surface area (Å²) in [6, 6.07) is 6.31. The summed E-state index contributed by atoms with van der Waals surface area (Å²) >= 11 is 0. The molecule has 0 fully saturated rings. The van der Waals surface area contributed by atoms with Crippen LogP contribution in [-0.2, 0) is 0 Å². The summed E-state index contributed by atoms with van der Waals surface area (Å²) in [4.78, 5) is 25.4. The minimum absolute atomic E-state index is 0.183. The van der Waals surface area contributed by atoms with Crippen LogP contribution < -0.4 is 10.2 Å². The molecule has 0 aliphatic rings. The first-order chi connectivity index (χ1) is 8.82. The van der Waals surface area contributed by atoms with Crippen molar-refractivity contribution in [2.24, 2.45) is 0 Å². The van der Waals surface area contributed by atoms with Crippen molar-refractivity contribution in [1.29, 1.82) is 0 Å². The maximum Gasteiger partial charge on any atom is 0.412 e. The Morgan fingerprint density at radius 3 is 2.37 bits per heavy atom. The second-order valence-corrected chi connectivity index (χ2v) is 4.62. The van der Waals surface area contributed by atoms with Crippen LogP contribution in [0.25, 0.3) is 0 Å². The Morgan fingerprint density at radius 2 is 1.89 bits per heavy atom. The molecule has 3 amide bonds. The molecule has 0 bridgehead atoms. The van der Waals surface area contributed by atoms with Crippen molar-refractivity contribution in [1.82, 2.24) is 4.90 Å². The van der Waals surface area contributed by atoms with Gasteiger partial charge < -0.3 is 15.3 Å². The molecule has 0 aliphatic carbocycles. The number of carbonyl (C=O) groups is 2. The van der Waals surface area contributed by atoms with Gasteiger partial charge in [-0.15, -0.1) is 0 Å². The molecule has 0 spiro atoms. The molecule has 0 unspecified atom stereocenters. The Bertz CT molecular complexity index is 472. The highest BCUT2D eigenvalue weighted by Gasteiger charge is 2.18. The van der Waals surface area contributed by atoms with E-state index < -0.39 is 6.09 Å². The number of rotatable bonds is 3. The van der Waals surface area contributed by atoms with Gasteiger partial charge >= 0.3 is 12.1 Å². The predicted molar refractivity (Wildman–Crippen MR) is 74.8 cm³/mol. The van der Waals surface area contributed by atoms with Crippen LogP contribution in [0.1, 0.15) is 13.8 Å². The fourth-order valence-corrected chi connectivity index (χ4v) is 1.60. The number of carboxylic acid groups (broad SMARTS) is 1. The third-order valence-corrected chi connectivity index (χ3v) is 2.50. The van der Waals surface area contributed by atoms with Crippen LogP contribution in [0.5, 0.6) is 0 Å². The molecule has 0 radical (unpaired) electrons. The summed E-state index contributed by atoms with van der Waals surface area (Å²) < 4.78 is 0. The van der Waals surface area contributed by atoms with Crippen LogP contribution in [0.15, 0.2) is 24.3 Å². The Labute approximate surface area is 112 Å². The molecule has 0 aromatic heterocycles. The van der Waals surface area contributed by atoms with Crippen LogP contribution in [-0.4, -0.2) is 42.3 Å². The van der Waals surface area contributed by atoms with E-state index in [-0.39, 0.29) is 12.1 Å². The van der Waals surface area contributed by atoms with E-state index in [1.807, 2.05) is 0 Å². The molecular formula is C13H19N3O3. The maximum atomic E-state index is 11.5. The quantitative estimate of drug-likeness (QED) is 0.882. The molecule has 6 nitrogen and oxygen atoms in total. The Kier molecular flexibility index (Phi) is 4.74. The summed E-state index contributed by atoms with van der Waals surface area (Å²) in [5.74, 6) is 0. The van der Waals surface area contributed by atoms with Gasteiger partial charge in [-0.1, -0.05) is 6.07 Å². The molecule has 1 rings (SSSR count). The third kappa shape index (κ3) is 3.87. The number of carbonyl (C=O) groups excluding carboxylic acids is 1. The SMILES string of the molecule is CC(C)N(C(=O)O)c1cccc(NC(=O)N(C)C)c1. The van der Waals surface area contributed by atoms with Crippen molar-refractivity contribution in [3.8, 4) is 0 Å². The van der Waals surface area contributed by atoms with Crippen LogP contribution in [0.4, 0.5) is 21.0 Å². The van der Waals surface area contributed by atoms with Crippen molar-refractivity contribution in [3.05, 3.63) is 24.3 Å². The Morgan fingerprint density at radius 1 is 1.26 bits per heavy atom. The second-order valence-electron chi connectivity index (χ2n) is 4.62. The summed E-state index contributed by atoms with van der Waals surface area (Å²) in [5, 5.41) is 11.9. The lowest BCUT2D eigenvalue weighted by Gasteiger charge is -2.24. The van der Waals surface area contributed by atoms with E-state index in [2.05, 4.69) is 5.32 Å². The number of urea groups is 1. The van der Waals surface area contributed by atoms with Crippen molar-refractivity contribution >= 4 is 23.5 Å². The van der Waals surface area contributed by atoms with Gasteiger partial charge in [0.15, 0.2) is 0 Å². The fraction of sp³-hybridized carbons (Fsp3) is 0.385. The molecule has 1 aromatic carbocycles. The van der Waals surface area contributed by atoms with E-state index in [1.165, 1.54) is 9.80 Å². The number of anilines is 2. The molecule has 1 aromatic rings. The highest BCUT2D eigenvalue weighted by atomic mass is 16.4. The average molecular weight is 265 g/mol. The number of nitrogens with zero attached hydrogens (tertiary/aromatic N) is 2. The standard InChI is InChI=1S/C13H19N3O3/c1-9(2)16(13(18)19)11-7-5-6-10(8-11)14-12(17)15(3)4/h5-9H,1-4H3,(H,14,17)(H,18,19). The highest BCUT2D eigenvalue weighted by molar-refractivity contribution is 5.91. The normalized spacial score (nSPS) is 10.2. The predicted octanol–water partition coefficient (Wildman–Crippen LogP) is 2.67. The van der Waals surface area contributed by atoms with E-state index in [4.69, 9.17) is 0 Å². The summed E-state index contributed by atoms with van der Waals surface area (Å²) in [7, 11) is 3.27. The number of benzene rings is 1. The van der Waals surface area contributed by atoms with Gasteiger partial charge in [-0.25, -0.2) is 9.59 Å². The first-order valence-corrected chi connectivity index (χ1v) is 5.93. The van der Waals surface area contributed by atoms with Gasteiger partial charge in [0.1, 0.15) is 0 Å². The van der Waals surface area contributed by atoms with E-state index in [9.17, 15) is 14.7 Å². The van der Waals surface area contributed by atoms with Gasteiger partial charge in [0, 0.05) is 31.5 Å². The van der Waals surface area contributed by atoms with Crippen molar-refractivity contribution in [2.75, 3.05) is 24.3 Å². The first-order valence-electron chi connectivity index (χ1n) is 5.93. The molecule has 0 aliphatic heterocycles. The molecular weight excluding hydrogens is 246 g/mol. The maximum absolute atomic E-state index is 11.5. The van der Waals surface area contributed by atoms with Crippen LogP contribution >= 0.6 is 0 Å². The van der Waals surface area contributed by atoms with E-state index >= 15 is 0 Å². The van der Waals surface area contributed by atoms with Gasteiger partial charge in [0.2, 0.25) is 0 Å². The van der Waals surface area contributed by atoms with Gasteiger partial charge in [0.05, 0.1) is 0 Å². The number of hydrogen-bond acceptors (Lipinski definition) is 2. The fourth-order valence-electron chi connectivity index (χ4n) is 1.60.